The minimum Gasteiger partial charge on any atom is -0.289 e. The Morgan fingerprint density at radius 3 is 2.43 bits per heavy atom. The Kier molecular flexibility index (Phi) is 3.18. The first-order valence-electron chi connectivity index (χ1n) is 4.64. The molecule has 1 aromatic heterocycles. The van der Waals surface area contributed by atoms with Gasteiger partial charge in [0.2, 0.25) is 0 Å². The number of aryl methyl sites for hydroxylation is 2. The number of hydrogen-bond donors (Lipinski definition) is 0. The van der Waals surface area contributed by atoms with E-state index >= 15 is 0 Å². The summed E-state index contributed by atoms with van der Waals surface area (Å²) in [5.74, 6) is 0.0370. The molecule has 0 aliphatic heterocycles. The second-order valence-corrected chi connectivity index (χ2v) is 3.67. The highest BCUT2D eigenvalue weighted by molar-refractivity contribution is 6.05. The summed E-state index contributed by atoms with van der Waals surface area (Å²) < 4.78 is 0. The van der Waals surface area contributed by atoms with Crippen LogP contribution in [0.15, 0.2) is 23.8 Å². The standard InChI is InChI=1S/C12H15NO/c1-8(2)7-12(14)11-6-5-9(3)13-10(11)4/h5-7H,1-4H3. The maximum absolute atomic E-state index is 11.7. The van der Waals surface area contributed by atoms with E-state index in [4.69, 9.17) is 0 Å². The minimum atomic E-state index is 0.0370. The van der Waals surface area contributed by atoms with Crippen molar-refractivity contribution in [2.45, 2.75) is 27.7 Å². The molecule has 0 spiro atoms. The summed E-state index contributed by atoms with van der Waals surface area (Å²) in [6.45, 7) is 7.60. The third-order valence-electron chi connectivity index (χ3n) is 1.91. The van der Waals surface area contributed by atoms with Crippen molar-refractivity contribution in [3.8, 4) is 0 Å². The van der Waals surface area contributed by atoms with Crippen molar-refractivity contribution in [2.75, 3.05) is 0 Å². The van der Waals surface area contributed by atoms with Gasteiger partial charge in [-0.15, -0.1) is 0 Å². The van der Waals surface area contributed by atoms with Gasteiger partial charge in [-0.05, 0) is 45.9 Å². The summed E-state index contributed by atoms with van der Waals surface area (Å²) in [6.07, 6.45) is 1.64. The molecular weight excluding hydrogens is 174 g/mol. The molecular formula is C12H15NO. The van der Waals surface area contributed by atoms with E-state index in [9.17, 15) is 4.79 Å². The molecule has 0 aliphatic carbocycles. The zero-order valence-electron chi connectivity index (χ0n) is 9.09. The molecule has 0 atom stereocenters. The van der Waals surface area contributed by atoms with Gasteiger partial charge in [-0.25, -0.2) is 0 Å². The summed E-state index contributed by atoms with van der Waals surface area (Å²) in [4.78, 5) is 15.9. The van der Waals surface area contributed by atoms with E-state index in [-0.39, 0.29) is 5.78 Å². The lowest BCUT2D eigenvalue weighted by atomic mass is 10.1. The highest BCUT2D eigenvalue weighted by Crippen LogP contribution is 2.09. The molecule has 0 aliphatic rings. The van der Waals surface area contributed by atoms with Crippen molar-refractivity contribution < 1.29 is 4.79 Å². The van der Waals surface area contributed by atoms with E-state index in [0.717, 1.165) is 17.0 Å². The molecule has 0 aromatic carbocycles. The number of nitrogens with zero attached hydrogens (tertiary/aromatic N) is 1. The lowest BCUT2D eigenvalue weighted by Gasteiger charge is -2.02. The van der Waals surface area contributed by atoms with Gasteiger partial charge in [0, 0.05) is 17.0 Å². The van der Waals surface area contributed by atoms with Crippen LogP contribution in [0, 0.1) is 13.8 Å². The number of rotatable bonds is 2. The molecule has 0 bridgehead atoms. The zero-order valence-corrected chi connectivity index (χ0v) is 9.09. The van der Waals surface area contributed by atoms with Crippen LogP contribution in [0.1, 0.15) is 35.6 Å². The van der Waals surface area contributed by atoms with Crippen molar-refractivity contribution in [3.05, 3.63) is 40.7 Å². The van der Waals surface area contributed by atoms with Crippen LogP contribution in [0.5, 0.6) is 0 Å². The Balaban J connectivity index is 3.08. The monoisotopic (exact) mass is 189 g/mol. The molecule has 1 heterocycles. The molecule has 14 heavy (non-hydrogen) atoms. The fourth-order valence-corrected chi connectivity index (χ4v) is 1.29. The summed E-state index contributed by atoms with van der Waals surface area (Å²) in [7, 11) is 0. The quantitative estimate of drug-likeness (QED) is 0.529. The zero-order chi connectivity index (χ0) is 10.7. The summed E-state index contributed by atoms with van der Waals surface area (Å²) in [6, 6.07) is 3.69. The minimum absolute atomic E-state index is 0.0370. The first-order chi connectivity index (χ1) is 6.50. The van der Waals surface area contributed by atoms with Crippen LogP contribution in [-0.4, -0.2) is 10.8 Å². The third-order valence-corrected chi connectivity index (χ3v) is 1.91. The molecule has 1 aromatic rings. The molecule has 0 N–H and O–H groups in total. The molecule has 1 rings (SSSR count). The van der Waals surface area contributed by atoms with Gasteiger partial charge in [0.15, 0.2) is 5.78 Å². The van der Waals surface area contributed by atoms with Gasteiger partial charge in [-0.2, -0.15) is 0 Å². The van der Waals surface area contributed by atoms with E-state index in [1.807, 2.05) is 39.8 Å². The number of ketones is 1. The Hall–Kier alpha value is -1.44. The van der Waals surface area contributed by atoms with Crippen LogP contribution >= 0.6 is 0 Å². The van der Waals surface area contributed by atoms with E-state index in [2.05, 4.69) is 4.98 Å². The maximum atomic E-state index is 11.7. The van der Waals surface area contributed by atoms with Crippen LogP contribution in [0.2, 0.25) is 0 Å². The summed E-state index contributed by atoms with van der Waals surface area (Å²) in [5.41, 5.74) is 3.44. The highest BCUT2D eigenvalue weighted by atomic mass is 16.1. The molecule has 0 fully saturated rings. The molecule has 0 saturated heterocycles. The number of aromatic nitrogens is 1. The molecule has 0 unspecified atom stereocenters. The van der Waals surface area contributed by atoms with Crippen LogP contribution in [0.25, 0.3) is 0 Å². The molecule has 0 radical (unpaired) electrons. The number of pyridine rings is 1. The second kappa shape index (κ2) is 4.18. The summed E-state index contributed by atoms with van der Waals surface area (Å²) in [5, 5.41) is 0. The number of allylic oxidation sites excluding steroid dienone is 2. The fraction of sp³-hybridized carbons (Fsp3) is 0.333. The van der Waals surface area contributed by atoms with Crippen molar-refractivity contribution in [2.24, 2.45) is 0 Å². The maximum Gasteiger partial charge on any atom is 0.187 e. The van der Waals surface area contributed by atoms with E-state index < -0.39 is 0 Å². The van der Waals surface area contributed by atoms with E-state index in [1.165, 1.54) is 0 Å². The Morgan fingerprint density at radius 2 is 1.93 bits per heavy atom. The van der Waals surface area contributed by atoms with Crippen molar-refractivity contribution >= 4 is 5.78 Å². The second-order valence-electron chi connectivity index (χ2n) is 3.67. The summed E-state index contributed by atoms with van der Waals surface area (Å²) >= 11 is 0. The van der Waals surface area contributed by atoms with Crippen LogP contribution in [0.4, 0.5) is 0 Å². The van der Waals surface area contributed by atoms with Gasteiger partial charge < -0.3 is 0 Å². The first-order valence-corrected chi connectivity index (χ1v) is 4.64. The predicted molar refractivity (Wildman–Crippen MR) is 57.5 cm³/mol. The number of carbonyl (C=O) groups is 1. The van der Waals surface area contributed by atoms with Crippen LogP contribution < -0.4 is 0 Å². The van der Waals surface area contributed by atoms with Crippen molar-refractivity contribution in [1.82, 2.24) is 4.98 Å². The van der Waals surface area contributed by atoms with E-state index in [1.54, 1.807) is 6.08 Å². The number of hydrogen-bond acceptors (Lipinski definition) is 2. The molecule has 0 amide bonds. The Labute approximate surface area is 84.7 Å². The van der Waals surface area contributed by atoms with Gasteiger partial charge in [-0.3, -0.25) is 9.78 Å². The van der Waals surface area contributed by atoms with Gasteiger partial charge in [0.05, 0.1) is 0 Å². The lowest BCUT2D eigenvalue weighted by Crippen LogP contribution is -2.01. The first kappa shape index (κ1) is 10.6. The van der Waals surface area contributed by atoms with Gasteiger partial charge >= 0.3 is 0 Å². The third kappa shape index (κ3) is 2.52. The van der Waals surface area contributed by atoms with Crippen molar-refractivity contribution in [3.63, 3.8) is 0 Å². The van der Waals surface area contributed by atoms with Gasteiger partial charge in [-0.1, -0.05) is 5.57 Å². The number of carbonyl (C=O) groups excluding carboxylic acids is 1. The predicted octanol–water partition coefficient (Wildman–Crippen LogP) is 2.85. The Bertz CT molecular complexity index is 387. The SMILES string of the molecule is CC(C)=CC(=O)c1ccc(C)nc1C. The normalized spacial score (nSPS) is 9.71. The lowest BCUT2D eigenvalue weighted by molar-refractivity contribution is 0.104. The molecule has 0 saturated carbocycles. The largest absolute Gasteiger partial charge is 0.289 e. The Morgan fingerprint density at radius 1 is 1.29 bits per heavy atom. The molecule has 74 valence electrons. The average Bonchev–Trinajstić information content (AvgIpc) is 2.01. The fourth-order valence-electron chi connectivity index (χ4n) is 1.29. The average molecular weight is 189 g/mol. The molecule has 2 nitrogen and oxygen atoms in total. The molecule has 2 heteroatoms. The highest BCUT2D eigenvalue weighted by Gasteiger charge is 2.06. The smallest absolute Gasteiger partial charge is 0.187 e. The van der Waals surface area contributed by atoms with Crippen LogP contribution in [0.3, 0.4) is 0 Å². The van der Waals surface area contributed by atoms with Gasteiger partial charge in [0.25, 0.3) is 0 Å². The topological polar surface area (TPSA) is 30.0 Å². The van der Waals surface area contributed by atoms with Gasteiger partial charge in [0.1, 0.15) is 0 Å². The van der Waals surface area contributed by atoms with Crippen LogP contribution in [-0.2, 0) is 0 Å². The van der Waals surface area contributed by atoms with E-state index in [0.29, 0.717) is 5.56 Å². The van der Waals surface area contributed by atoms with Crippen molar-refractivity contribution in [1.29, 1.82) is 0 Å².